The first kappa shape index (κ1) is 9.04. The molecule has 1 rings (SSSR count). The van der Waals surface area contributed by atoms with E-state index in [0.717, 1.165) is 12.8 Å². The molecule has 0 heterocycles. The van der Waals surface area contributed by atoms with Crippen LogP contribution in [-0.2, 0) is 9.73 Å². The van der Waals surface area contributed by atoms with Gasteiger partial charge in [0.05, 0.1) is 0 Å². The predicted molar refractivity (Wildman–Crippen MR) is 48.2 cm³/mol. The molecule has 1 aliphatic rings. The summed E-state index contributed by atoms with van der Waals surface area (Å²) in [5.41, 5.74) is 0. The zero-order valence-corrected chi connectivity index (χ0v) is 8.28. The van der Waals surface area contributed by atoms with Crippen molar-refractivity contribution in [2.45, 2.75) is 44.1 Å². The molecule has 0 aliphatic heterocycles. The van der Waals surface area contributed by atoms with Gasteiger partial charge in [-0.1, -0.05) is 13.8 Å². The second-order valence-electron chi connectivity index (χ2n) is 3.80. The first-order chi connectivity index (χ1) is 4.96. The van der Waals surface area contributed by atoms with Crippen LogP contribution in [0.3, 0.4) is 0 Å². The van der Waals surface area contributed by atoms with E-state index in [-0.39, 0.29) is 10.5 Å². The lowest BCUT2D eigenvalue weighted by atomic mass is 10.2. The van der Waals surface area contributed by atoms with E-state index in [0.29, 0.717) is 5.92 Å². The summed E-state index contributed by atoms with van der Waals surface area (Å²) in [4.78, 5) is 0. The summed E-state index contributed by atoms with van der Waals surface area (Å²) in [7, 11) is -2.27. The lowest BCUT2D eigenvalue weighted by molar-refractivity contribution is 0.596. The third-order valence-electron chi connectivity index (χ3n) is 2.51. The van der Waals surface area contributed by atoms with E-state index in [1.165, 1.54) is 0 Å². The third kappa shape index (κ3) is 1.75. The molecule has 1 aliphatic carbocycles. The van der Waals surface area contributed by atoms with Gasteiger partial charge in [-0.05, 0) is 25.7 Å². The number of rotatable bonds is 3. The summed E-state index contributed by atoms with van der Waals surface area (Å²) in [6, 6.07) is 0. The summed E-state index contributed by atoms with van der Waals surface area (Å²) in [6.45, 7) is 6.03. The van der Waals surface area contributed by atoms with E-state index in [1.54, 1.807) is 0 Å². The van der Waals surface area contributed by atoms with E-state index in [1.807, 2.05) is 20.8 Å². The van der Waals surface area contributed by atoms with Crippen molar-refractivity contribution in [3.8, 4) is 0 Å². The zero-order valence-electron chi connectivity index (χ0n) is 7.46. The van der Waals surface area contributed by atoms with Crippen LogP contribution < -0.4 is 0 Å². The van der Waals surface area contributed by atoms with Crippen molar-refractivity contribution in [3.63, 3.8) is 0 Å². The SMILES string of the molecule is CC(C)[C@@H](C)[S@@](=N)(=O)C1CC1. The Morgan fingerprint density at radius 2 is 1.82 bits per heavy atom. The Hall–Kier alpha value is -0.0500. The maximum atomic E-state index is 11.8. The highest BCUT2D eigenvalue weighted by Crippen LogP contribution is 2.33. The van der Waals surface area contributed by atoms with E-state index in [2.05, 4.69) is 0 Å². The average Bonchev–Trinajstić information content (AvgIpc) is 2.66. The van der Waals surface area contributed by atoms with Crippen LogP contribution in [0.15, 0.2) is 0 Å². The highest BCUT2D eigenvalue weighted by atomic mass is 32.2. The minimum atomic E-state index is -2.27. The number of hydrogen-bond acceptors (Lipinski definition) is 2. The molecule has 3 heteroatoms. The molecule has 1 fully saturated rings. The van der Waals surface area contributed by atoms with Crippen LogP contribution in [0.25, 0.3) is 0 Å². The fourth-order valence-electron chi connectivity index (χ4n) is 1.13. The first-order valence-electron chi connectivity index (χ1n) is 4.22. The summed E-state index contributed by atoms with van der Waals surface area (Å²) in [5, 5.41) is 0.287. The molecule has 66 valence electrons. The van der Waals surface area contributed by atoms with Crippen molar-refractivity contribution in [2.75, 3.05) is 0 Å². The van der Waals surface area contributed by atoms with E-state index < -0.39 is 9.73 Å². The van der Waals surface area contributed by atoms with Crippen LogP contribution in [0.4, 0.5) is 0 Å². The molecule has 2 nitrogen and oxygen atoms in total. The average molecular weight is 175 g/mol. The van der Waals surface area contributed by atoms with Crippen LogP contribution in [0.2, 0.25) is 0 Å². The number of hydrogen-bond donors (Lipinski definition) is 1. The van der Waals surface area contributed by atoms with Gasteiger partial charge in [0.1, 0.15) is 0 Å². The first-order valence-corrected chi connectivity index (χ1v) is 5.91. The van der Waals surface area contributed by atoms with Crippen molar-refractivity contribution in [3.05, 3.63) is 0 Å². The largest absolute Gasteiger partial charge is 0.252 e. The monoisotopic (exact) mass is 175 g/mol. The molecule has 0 bridgehead atoms. The summed E-state index contributed by atoms with van der Waals surface area (Å²) >= 11 is 0. The van der Waals surface area contributed by atoms with Crippen LogP contribution >= 0.6 is 0 Å². The van der Waals surface area contributed by atoms with Crippen LogP contribution in [0.5, 0.6) is 0 Å². The van der Waals surface area contributed by atoms with Gasteiger partial charge >= 0.3 is 0 Å². The molecular weight excluding hydrogens is 158 g/mol. The molecule has 11 heavy (non-hydrogen) atoms. The standard InChI is InChI=1S/C8H17NOS/c1-6(2)7(3)11(9,10)8-4-5-8/h6-9H,4-5H2,1-3H3/t7-,11-/m1/s1. The second kappa shape index (κ2) is 2.77. The van der Waals surface area contributed by atoms with Crippen molar-refractivity contribution >= 4 is 9.73 Å². The fraction of sp³-hybridized carbons (Fsp3) is 1.00. The molecule has 0 aromatic carbocycles. The molecule has 1 N–H and O–H groups in total. The highest BCUT2D eigenvalue weighted by Gasteiger charge is 2.36. The van der Waals surface area contributed by atoms with Crippen LogP contribution in [0, 0.1) is 10.7 Å². The normalized spacial score (nSPS) is 26.5. The van der Waals surface area contributed by atoms with Crippen LogP contribution in [0.1, 0.15) is 33.6 Å². The molecule has 0 unspecified atom stereocenters. The molecule has 0 saturated heterocycles. The van der Waals surface area contributed by atoms with Crippen LogP contribution in [-0.4, -0.2) is 14.7 Å². The van der Waals surface area contributed by atoms with Gasteiger partial charge in [-0.15, -0.1) is 0 Å². The molecule has 0 aromatic rings. The van der Waals surface area contributed by atoms with E-state index in [9.17, 15) is 4.21 Å². The quantitative estimate of drug-likeness (QED) is 0.702. The Balaban J connectivity index is 2.71. The highest BCUT2D eigenvalue weighted by molar-refractivity contribution is 7.93. The minimum Gasteiger partial charge on any atom is -0.252 e. The molecular formula is C8H17NOS. The van der Waals surface area contributed by atoms with Crippen molar-refractivity contribution < 1.29 is 4.21 Å². The van der Waals surface area contributed by atoms with Gasteiger partial charge in [-0.2, -0.15) is 0 Å². The Labute approximate surface area is 69.4 Å². The fourth-order valence-corrected chi connectivity index (χ4v) is 3.38. The summed E-state index contributed by atoms with van der Waals surface area (Å²) < 4.78 is 19.5. The predicted octanol–water partition coefficient (Wildman–Crippen LogP) is 2.24. The van der Waals surface area contributed by atoms with Gasteiger partial charge in [0.15, 0.2) is 0 Å². The Bertz CT molecular complexity index is 226. The maximum Gasteiger partial charge on any atom is 0.0499 e. The van der Waals surface area contributed by atoms with Gasteiger partial charge in [-0.25, -0.2) is 4.21 Å². The molecule has 2 atom stereocenters. The van der Waals surface area contributed by atoms with E-state index >= 15 is 0 Å². The lowest BCUT2D eigenvalue weighted by Crippen LogP contribution is -2.25. The van der Waals surface area contributed by atoms with Gasteiger partial charge in [0, 0.05) is 20.2 Å². The van der Waals surface area contributed by atoms with Crippen molar-refractivity contribution in [2.24, 2.45) is 5.92 Å². The van der Waals surface area contributed by atoms with Crippen molar-refractivity contribution in [1.82, 2.24) is 0 Å². The third-order valence-corrected chi connectivity index (χ3v) is 5.62. The van der Waals surface area contributed by atoms with E-state index in [4.69, 9.17) is 4.78 Å². The second-order valence-corrected chi connectivity index (χ2v) is 6.50. The topological polar surface area (TPSA) is 40.9 Å². The zero-order chi connectivity index (χ0) is 8.65. The molecule has 0 amide bonds. The number of nitrogens with one attached hydrogen (secondary N) is 1. The van der Waals surface area contributed by atoms with Crippen molar-refractivity contribution in [1.29, 1.82) is 4.78 Å². The Kier molecular flexibility index (Phi) is 2.28. The Morgan fingerprint density at radius 1 is 1.36 bits per heavy atom. The molecule has 0 spiro atoms. The molecule has 1 saturated carbocycles. The summed E-state index contributed by atoms with van der Waals surface area (Å²) in [6.07, 6.45) is 2.03. The van der Waals surface area contributed by atoms with Gasteiger partial charge in [-0.3, -0.25) is 4.78 Å². The summed E-state index contributed by atoms with van der Waals surface area (Å²) in [5.74, 6) is 0.376. The van der Waals surface area contributed by atoms with Gasteiger partial charge in [0.25, 0.3) is 0 Å². The Morgan fingerprint density at radius 3 is 2.09 bits per heavy atom. The smallest absolute Gasteiger partial charge is 0.0499 e. The maximum absolute atomic E-state index is 11.8. The molecule has 0 aromatic heterocycles. The van der Waals surface area contributed by atoms with Gasteiger partial charge in [0.2, 0.25) is 0 Å². The van der Waals surface area contributed by atoms with Gasteiger partial charge < -0.3 is 0 Å². The molecule has 0 radical (unpaired) electrons. The lowest BCUT2D eigenvalue weighted by Gasteiger charge is -2.18. The minimum absolute atomic E-state index is 0.0648.